The molecular weight excluding hydrogens is 403 g/mol. The lowest BCUT2D eigenvalue weighted by Gasteiger charge is -2.09. The van der Waals surface area contributed by atoms with Gasteiger partial charge in [-0.2, -0.15) is 13.2 Å². The van der Waals surface area contributed by atoms with Crippen molar-refractivity contribution in [3.63, 3.8) is 0 Å². The van der Waals surface area contributed by atoms with Gasteiger partial charge >= 0.3 is 6.18 Å². The third kappa shape index (κ3) is 3.60. The fourth-order valence-electron chi connectivity index (χ4n) is 2.26. The zero-order valence-electron chi connectivity index (χ0n) is 14.6. The maximum Gasteiger partial charge on any atom is 0.435 e. The molecular formula is C15H12F3N5O4S. The van der Waals surface area contributed by atoms with Gasteiger partial charge in [-0.3, -0.25) is 10.1 Å². The van der Waals surface area contributed by atoms with Crippen LogP contribution in [-0.2, 0) is 6.18 Å². The van der Waals surface area contributed by atoms with Crippen LogP contribution in [0.15, 0.2) is 17.1 Å². The molecule has 1 N–H and O–H groups in total. The first-order valence-electron chi connectivity index (χ1n) is 7.49. The van der Waals surface area contributed by atoms with E-state index in [1.165, 1.54) is 21.1 Å². The molecule has 0 radical (unpaired) electrons. The van der Waals surface area contributed by atoms with Crippen LogP contribution in [0, 0.1) is 6.92 Å². The number of hydrogen-bond donors (Lipinski definition) is 1. The van der Waals surface area contributed by atoms with Crippen LogP contribution in [0.4, 0.5) is 18.3 Å². The Morgan fingerprint density at radius 2 is 1.82 bits per heavy atom. The predicted molar refractivity (Wildman–Crippen MR) is 90.4 cm³/mol. The normalized spacial score (nSPS) is 11.4. The molecule has 0 fully saturated rings. The molecule has 0 atom stereocenters. The van der Waals surface area contributed by atoms with E-state index in [4.69, 9.17) is 13.9 Å². The third-order valence-corrected chi connectivity index (χ3v) is 4.43. The fraction of sp³-hybridized carbons (Fsp3) is 0.267. The molecule has 0 saturated carbocycles. The van der Waals surface area contributed by atoms with Gasteiger partial charge in [-0.1, -0.05) is 11.3 Å². The lowest BCUT2D eigenvalue weighted by molar-refractivity contribution is -0.140. The van der Waals surface area contributed by atoms with Crippen LogP contribution in [0.2, 0.25) is 0 Å². The Labute approximate surface area is 159 Å². The molecule has 3 aromatic heterocycles. The van der Waals surface area contributed by atoms with E-state index in [1.807, 2.05) is 0 Å². The summed E-state index contributed by atoms with van der Waals surface area (Å²) in [6, 6.07) is 0. The fourth-order valence-corrected chi connectivity index (χ4v) is 3.28. The maximum absolute atomic E-state index is 13.4. The van der Waals surface area contributed by atoms with Gasteiger partial charge in [0, 0.05) is 0 Å². The van der Waals surface area contributed by atoms with Crippen molar-refractivity contribution in [3.05, 3.63) is 29.7 Å². The topological polar surface area (TPSA) is 112 Å². The molecule has 0 aliphatic rings. The van der Waals surface area contributed by atoms with Crippen molar-refractivity contribution in [1.29, 1.82) is 0 Å². The summed E-state index contributed by atoms with van der Waals surface area (Å²) in [5, 5.41) is 1.98. The number of nitrogens with zero attached hydrogens (tertiary/aromatic N) is 4. The summed E-state index contributed by atoms with van der Waals surface area (Å²) < 4.78 is 55.2. The summed E-state index contributed by atoms with van der Waals surface area (Å²) in [6.07, 6.45) is -2.62. The Balaban J connectivity index is 2.02. The number of ether oxygens (including phenoxy) is 2. The van der Waals surface area contributed by atoms with Crippen LogP contribution >= 0.6 is 11.3 Å². The average molecular weight is 415 g/mol. The van der Waals surface area contributed by atoms with Crippen molar-refractivity contribution in [2.24, 2.45) is 0 Å². The molecule has 0 spiro atoms. The minimum Gasteiger partial charge on any atom is -0.480 e. The largest absolute Gasteiger partial charge is 0.480 e. The highest BCUT2D eigenvalue weighted by molar-refractivity contribution is 7.19. The molecule has 9 nitrogen and oxygen atoms in total. The zero-order chi connectivity index (χ0) is 20.5. The van der Waals surface area contributed by atoms with E-state index in [2.05, 4.69) is 25.3 Å². The molecule has 0 aromatic carbocycles. The molecule has 0 unspecified atom stereocenters. The molecule has 0 aliphatic heterocycles. The van der Waals surface area contributed by atoms with Crippen LogP contribution in [0.1, 0.15) is 21.7 Å². The summed E-state index contributed by atoms with van der Waals surface area (Å²) in [4.78, 5) is 27.2. The highest BCUT2D eigenvalue weighted by atomic mass is 32.1. The molecule has 3 rings (SSSR count). The van der Waals surface area contributed by atoms with Crippen LogP contribution in [0.3, 0.4) is 0 Å². The maximum atomic E-state index is 13.4. The number of anilines is 1. The van der Waals surface area contributed by atoms with E-state index in [1.54, 1.807) is 0 Å². The number of methoxy groups -OCH3 is 2. The van der Waals surface area contributed by atoms with Gasteiger partial charge < -0.3 is 13.9 Å². The summed E-state index contributed by atoms with van der Waals surface area (Å²) >= 11 is 0.589. The summed E-state index contributed by atoms with van der Waals surface area (Å²) in [5.41, 5.74) is -1.13. The lowest BCUT2D eigenvalue weighted by Crippen LogP contribution is -2.16. The van der Waals surface area contributed by atoms with Crippen molar-refractivity contribution in [3.8, 4) is 22.4 Å². The SMILES string of the molecule is COc1ncnc(OC)c1C(=O)Nc1nc(C(F)(F)F)c(-c2ocnc2C)s1. The van der Waals surface area contributed by atoms with Crippen LogP contribution in [0.5, 0.6) is 11.8 Å². The first kappa shape index (κ1) is 19.5. The number of oxazole rings is 1. The molecule has 13 heteroatoms. The van der Waals surface area contributed by atoms with Gasteiger partial charge in [0.1, 0.15) is 11.2 Å². The molecule has 28 heavy (non-hydrogen) atoms. The number of alkyl halides is 3. The Morgan fingerprint density at radius 3 is 2.32 bits per heavy atom. The monoisotopic (exact) mass is 415 g/mol. The van der Waals surface area contributed by atoms with Gasteiger partial charge in [0.05, 0.1) is 19.9 Å². The van der Waals surface area contributed by atoms with Crippen molar-refractivity contribution in [2.75, 3.05) is 19.5 Å². The molecule has 148 valence electrons. The van der Waals surface area contributed by atoms with E-state index in [9.17, 15) is 18.0 Å². The molecule has 0 bridgehead atoms. The highest BCUT2D eigenvalue weighted by Gasteiger charge is 2.39. The minimum atomic E-state index is -4.76. The third-order valence-electron chi connectivity index (χ3n) is 3.46. The highest BCUT2D eigenvalue weighted by Crippen LogP contribution is 2.43. The standard InChI is InChI=1S/C15H12F3N5O4S/c1-6-8(27-5-21-6)9-10(15(16,17)18)22-14(28-9)23-11(24)7-12(25-2)19-4-20-13(7)26-3/h4-5H,1-3H3,(H,22,23,24). The number of nitrogens with one attached hydrogen (secondary N) is 1. The number of halogens is 3. The zero-order valence-corrected chi connectivity index (χ0v) is 15.4. The Bertz CT molecular complexity index is 995. The number of amides is 1. The second kappa shape index (κ2) is 7.42. The van der Waals surface area contributed by atoms with Crippen molar-refractivity contribution >= 4 is 22.4 Å². The summed E-state index contributed by atoms with van der Waals surface area (Å²) in [5.74, 6) is -1.15. The van der Waals surface area contributed by atoms with E-state index < -0.39 is 17.8 Å². The van der Waals surface area contributed by atoms with Gasteiger partial charge in [-0.05, 0) is 6.92 Å². The minimum absolute atomic E-state index is 0.0801. The number of carbonyl (C=O) groups is 1. The summed E-state index contributed by atoms with van der Waals surface area (Å²) in [7, 11) is 2.54. The number of hydrogen-bond acceptors (Lipinski definition) is 9. The van der Waals surface area contributed by atoms with Gasteiger partial charge in [0.15, 0.2) is 28.5 Å². The van der Waals surface area contributed by atoms with Crippen LogP contribution in [-0.4, -0.2) is 40.1 Å². The molecule has 0 saturated heterocycles. The Morgan fingerprint density at radius 1 is 1.18 bits per heavy atom. The first-order chi connectivity index (χ1) is 13.3. The van der Waals surface area contributed by atoms with Gasteiger partial charge in [0.2, 0.25) is 11.8 Å². The second-order valence-electron chi connectivity index (χ2n) is 5.18. The Hall–Kier alpha value is -3.22. The lowest BCUT2D eigenvalue weighted by atomic mass is 10.2. The van der Waals surface area contributed by atoms with E-state index in [0.29, 0.717) is 11.3 Å². The number of rotatable bonds is 5. The smallest absolute Gasteiger partial charge is 0.435 e. The number of aromatic nitrogens is 4. The van der Waals surface area contributed by atoms with E-state index in [0.717, 1.165) is 12.7 Å². The Kier molecular flexibility index (Phi) is 5.18. The van der Waals surface area contributed by atoms with Gasteiger partial charge in [-0.25, -0.2) is 19.9 Å². The van der Waals surface area contributed by atoms with Gasteiger partial charge in [0.25, 0.3) is 5.91 Å². The molecule has 3 heterocycles. The van der Waals surface area contributed by atoms with Gasteiger partial charge in [-0.15, -0.1) is 0 Å². The van der Waals surface area contributed by atoms with Crippen molar-refractivity contribution < 1.29 is 31.9 Å². The molecule has 0 aliphatic carbocycles. The predicted octanol–water partition coefficient (Wildman–Crippen LogP) is 3.18. The van der Waals surface area contributed by atoms with Crippen LogP contribution < -0.4 is 14.8 Å². The number of aryl methyl sites for hydroxylation is 1. The van der Waals surface area contributed by atoms with E-state index in [-0.39, 0.29) is 38.8 Å². The number of thiazole rings is 1. The van der Waals surface area contributed by atoms with Crippen molar-refractivity contribution in [1.82, 2.24) is 19.9 Å². The molecule has 3 aromatic rings. The average Bonchev–Trinajstić information content (AvgIpc) is 3.26. The quantitative estimate of drug-likeness (QED) is 0.676. The van der Waals surface area contributed by atoms with Crippen LogP contribution in [0.25, 0.3) is 10.6 Å². The number of carbonyl (C=O) groups excluding carboxylic acids is 1. The second-order valence-corrected chi connectivity index (χ2v) is 6.18. The van der Waals surface area contributed by atoms with Crippen molar-refractivity contribution in [2.45, 2.75) is 13.1 Å². The molecule has 1 amide bonds. The summed E-state index contributed by atoms with van der Waals surface area (Å²) in [6.45, 7) is 1.49. The first-order valence-corrected chi connectivity index (χ1v) is 8.30. The van der Waals surface area contributed by atoms with E-state index >= 15 is 0 Å².